The Balaban J connectivity index is 2.34. The van der Waals surface area contributed by atoms with E-state index in [-0.39, 0.29) is 19.4 Å². The highest BCUT2D eigenvalue weighted by molar-refractivity contribution is 5.79. The molecule has 0 aliphatic carbocycles. The van der Waals surface area contributed by atoms with Crippen molar-refractivity contribution in [3.05, 3.63) is 35.9 Å². The van der Waals surface area contributed by atoms with Gasteiger partial charge in [0.25, 0.3) is 0 Å². The number of benzene rings is 1. The Morgan fingerprint density at radius 1 is 1.30 bits per heavy atom. The minimum absolute atomic E-state index is 0.0213. The fraction of sp³-hybridized carbons (Fsp3) is 0.357. The summed E-state index contributed by atoms with van der Waals surface area (Å²) in [4.78, 5) is 33.2. The zero-order valence-corrected chi connectivity index (χ0v) is 11.2. The number of hydrogen-bond acceptors (Lipinski definition) is 5. The molecule has 1 atom stereocenters. The number of carbonyl (C=O) groups excluding carboxylic acids is 3. The Morgan fingerprint density at radius 2 is 2.00 bits per heavy atom. The summed E-state index contributed by atoms with van der Waals surface area (Å²) in [5, 5.41) is 2.30. The summed E-state index contributed by atoms with van der Waals surface area (Å²) >= 11 is 0. The lowest BCUT2D eigenvalue weighted by Crippen LogP contribution is -2.37. The van der Waals surface area contributed by atoms with Crippen LogP contribution in [0.4, 0.5) is 0 Å². The molecule has 0 spiro atoms. The van der Waals surface area contributed by atoms with Gasteiger partial charge in [-0.1, -0.05) is 30.3 Å². The van der Waals surface area contributed by atoms with Crippen molar-refractivity contribution in [2.45, 2.75) is 25.5 Å². The number of amides is 1. The second-order valence-electron chi connectivity index (χ2n) is 4.05. The number of methoxy groups -OCH3 is 1. The lowest BCUT2D eigenvalue weighted by Gasteiger charge is -2.12. The predicted molar refractivity (Wildman–Crippen MR) is 70.5 cm³/mol. The molecule has 1 aromatic rings. The van der Waals surface area contributed by atoms with Crippen LogP contribution >= 0.6 is 0 Å². The molecule has 0 radical (unpaired) electrons. The standard InChI is InChI=1S/C14H17NO5/c1-19-14(18)12(15-10-16)7-8-13(17)20-9-11-5-3-2-4-6-11/h2-6,10,12H,7-9H2,1H3,(H,15,16). The lowest BCUT2D eigenvalue weighted by atomic mass is 10.1. The molecule has 0 saturated heterocycles. The smallest absolute Gasteiger partial charge is 0.328 e. The molecule has 0 fully saturated rings. The maximum absolute atomic E-state index is 11.5. The second kappa shape index (κ2) is 8.68. The highest BCUT2D eigenvalue weighted by Crippen LogP contribution is 2.05. The van der Waals surface area contributed by atoms with E-state index in [1.165, 1.54) is 7.11 Å². The fourth-order valence-electron chi connectivity index (χ4n) is 1.57. The van der Waals surface area contributed by atoms with Crippen LogP contribution in [-0.2, 0) is 30.5 Å². The molecule has 0 aliphatic heterocycles. The van der Waals surface area contributed by atoms with Gasteiger partial charge >= 0.3 is 11.9 Å². The molecule has 0 aromatic heterocycles. The van der Waals surface area contributed by atoms with Crippen LogP contribution in [0.1, 0.15) is 18.4 Å². The molecule has 0 heterocycles. The Kier molecular flexibility index (Phi) is 6.81. The van der Waals surface area contributed by atoms with Crippen molar-refractivity contribution in [1.82, 2.24) is 5.32 Å². The quantitative estimate of drug-likeness (QED) is 0.562. The fourth-order valence-corrected chi connectivity index (χ4v) is 1.57. The van der Waals surface area contributed by atoms with E-state index in [1.807, 2.05) is 30.3 Å². The number of carbonyl (C=O) groups is 3. The molecule has 0 bridgehead atoms. The van der Waals surface area contributed by atoms with Crippen molar-refractivity contribution in [1.29, 1.82) is 0 Å². The van der Waals surface area contributed by atoms with E-state index >= 15 is 0 Å². The molecule has 1 N–H and O–H groups in total. The summed E-state index contributed by atoms with van der Waals surface area (Å²) in [5.74, 6) is -1.02. The van der Waals surface area contributed by atoms with Crippen LogP contribution in [0, 0.1) is 0 Å². The maximum atomic E-state index is 11.5. The van der Waals surface area contributed by atoms with E-state index in [1.54, 1.807) is 0 Å². The zero-order valence-electron chi connectivity index (χ0n) is 11.2. The average molecular weight is 279 g/mol. The Bertz CT molecular complexity index is 446. The van der Waals surface area contributed by atoms with Crippen LogP contribution in [0.15, 0.2) is 30.3 Å². The van der Waals surface area contributed by atoms with Gasteiger partial charge in [-0.3, -0.25) is 9.59 Å². The largest absolute Gasteiger partial charge is 0.467 e. The van der Waals surface area contributed by atoms with Gasteiger partial charge in [0.05, 0.1) is 7.11 Å². The minimum Gasteiger partial charge on any atom is -0.467 e. The van der Waals surface area contributed by atoms with E-state index in [9.17, 15) is 14.4 Å². The number of nitrogens with one attached hydrogen (secondary N) is 1. The summed E-state index contributed by atoms with van der Waals surface area (Å²) in [6.07, 6.45) is 0.559. The van der Waals surface area contributed by atoms with Gasteiger partial charge in [-0.05, 0) is 12.0 Å². The first-order valence-corrected chi connectivity index (χ1v) is 6.14. The van der Waals surface area contributed by atoms with E-state index in [4.69, 9.17) is 4.74 Å². The predicted octanol–water partition coefficient (Wildman–Crippen LogP) is 0.798. The average Bonchev–Trinajstić information content (AvgIpc) is 2.49. The maximum Gasteiger partial charge on any atom is 0.328 e. The number of rotatable bonds is 8. The minimum atomic E-state index is -0.832. The first-order valence-electron chi connectivity index (χ1n) is 6.14. The molecular weight excluding hydrogens is 262 g/mol. The summed E-state index contributed by atoms with van der Waals surface area (Å²) < 4.78 is 9.58. The molecule has 0 saturated carbocycles. The normalized spacial score (nSPS) is 11.2. The van der Waals surface area contributed by atoms with Crippen LogP contribution in [0.2, 0.25) is 0 Å². The van der Waals surface area contributed by atoms with Gasteiger partial charge in [0.15, 0.2) is 0 Å². The van der Waals surface area contributed by atoms with E-state index in [2.05, 4.69) is 10.1 Å². The molecule has 0 aliphatic rings. The Labute approximate surface area is 117 Å². The van der Waals surface area contributed by atoms with Gasteiger partial charge in [-0.2, -0.15) is 0 Å². The molecule has 1 unspecified atom stereocenters. The van der Waals surface area contributed by atoms with Crippen molar-refractivity contribution in [2.75, 3.05) is 7.11 Å². The lowest BCUT2D eigenvalue weighted by molar-refractivity contribution is -0.147. The van der Waals surface area contributed by atoms with Crippen molar-refractivity contribution in [3.8, 4) is 0 Å². The van der Waals surface area contributed by atoms with E-state index < -0.39 is 18.0 Å². The third-order valence-electron chi connectivity index (χ3n) is 2.63. The van der Waals surface area contributed by atoms with Gasteiger partial charge in [0.2, 0.25) is 6.41 Å². The van der Waals surface area contributed by atoms with Gasteiger partial charge < -0.3 is 14.8 Å². The van der Waals surface area contributed by atoms with E-state index in [0.717, 1.165) is 5.56 Å². The van der Waals surface area contributed by atoms with Gasteiger partial charge in [-0.15, -0.1) is 0 Å². The molecule has 6 nitrogen and oxygen atoms in total. The summed E-state index contributed by atoms with van der Waals surface area (Å²) in [6, 6.07) is 8.44. The first-order chi connectivity index (χ1) is 9.67. The van der Waals surface area contributed by atoms with Crippen molar-refractivity contribution in [2.24, 2.45) is 0 Å². The molecule has 20 heavy (non-hydrogen) atoms. The number of hydrogen-bond donors (Lipinski definition) is 1. The van der Waals surface area contributed by atoms with Gasteiger partial charge in [0, 0.05) is 6.42 Å². The van der Waals surface area contributed by atoms with Crippen LogP contribution in [0.3, 0.4) is 0 Å². The number of esters is 2. The second-order valence-corrected chi connectivity index (χ2v) is 4.05. The highest BCUT2D eigenvalue weighted by Gasteiger charge is 2.19. The molecule has 108 valence electrons. The molecule has 6 heteroatoms. The molecule has 1 aromatic carbocycles. The van der Waals surface area contributed by atoms with Crippen LogP contribution < -0.4 is 5.32 Å². The Hall–Kier alpha value is -2.37. The Morgan fingerprint density at radius 3 is 2.60 bits per heavy atom. The van der Waals surface area contributed by atoms with Crippen LogP contribution in [0.25, 0.3) is 0 Å². The third kappa shape index (κ3) is 5.51. The monoisotopic (exact) mass is 279 g/mol. The third-order valence-corrected chi connectivity index (χ3v) is 2.63. The van der Waals surface area contributed by atoms with Gasteiger partial charge in [-0.25, -0.2) is 4.79 Å². The SMILES string of the molecule is COC(=O)C(CCC(=O)OCc1ccccc1)NC=O. The summed E-state index contributed by atoms with van der Waals surface area (Å²) in [7, 11) is 1.22. The first kappa shape index (κ1) is 15.7. The van der Waals surface area contributed by atoms with Crippen LogP contribution in [-0.4, -0.2) is 31.5 Å². The number of ether oxygens (including phenoxy) is 2. The molecular formula is C14H17NO5. The van der Waals surface area contributed by atoms with Crippen LogP contribution in [0.5, 0.6) is 0 Å². The van der Waals surface area contributed by atoms with Crippen molar-refractivity contribution < 1.29 is 23.9 Å². The van der Waals surface area contributed by atoms with Crippen molar-refractivity contribution in [3.63, 3.8) is 0 Å². The highest BCUT2D eigenvalue weighted by atomic mass is 16.5. The van der Waals surface area contributed by atoms with Gasteiger partial charge in [0.1, 0.15) is 12.6 Å². The molecule has 1 rings (SSSR count). The summed E-state index contributed by atoms with van der Waals surface area (Å²) in [6.45, 7) is 0.184. The summed E-state index contributed by atoms with van der Waals surface area (Å²) in [5.41, 5.74) is 0.886. The topological polar surface area (TPSA) is 81.7 Å². The van der Waals surface area contributed by atoms with E-state index in [0.29, 0.717) is 6.41 Å². The molecule has 1 amide bonds. The zero-order chi connectivity index (χ0) is 14.8. The van der Waals surface area contributed by atoms with Crippen molar-refractivity contribution >= 4 is 18.3 Å².